The molecule has 3 N–H and O–H groups in total. The first-order valence-corrected chi connectivity index (χ1v) is 7.26. The second-order valence-electron chi connectivity index (χ2n) is 4.67. The van der Waals surface area contributed by atoms with E-state index in [4.69, 9.17) is 5.73 Å². The summed E-state index contributed by atoms with van der Waals surface area (Å²) < 4.78 is 15.2. The van der Waals surface area contributed by atoms with Gasteiger partial charge in [-0.15, -0.1) is 0 Å². The normalized spacial score (nSPS) is 10.8. The van der Waals surface area contributed by atoms with E-state index >= 15 is 0 Å². The molecular weight excluding hydrogens is 333 g/mol. The van der Waals surface area contributed by atoms with Crippen molar-refractivity contribution in [2.45, 2.75) is 6.54 Å². The predicted molar refractivity (Wildman–Crippen MR) is 87.6 cm³/mol. The first kappa shape index (κ1) is 13.8. The lowest BCUT2D eigenvalue weighted by Crippen LogP contribution is -2.04. The van der Waals surface area contributed by atoms with Crippen molar-refractivity contribution < 1.29 is 4.39 Å². The summed E-state index contributed by atoms with van der Waals surface area (Å²) in [6, 6.07) is 12.8. The first-order valence-electron chi connectivity index (χ1n) is 6.47. The summed E-state index contributed by atoms with van der Waals surface area (Å²) >= 11 is 3.48. The number of hydrogen-bond acceptors (Lipinski definition) is 3. The molecule has 0 spiro atoms. The summed E-state index contributed by atoms with van der Waals surface area (Å²) in [5.74, 6) is -0.397. The Morgan fingerprint density at radius 3 is 2.81 bits per heavy atom. The Labute approximate surface area is 130 Å². The molecule has 2 aromatic carbocycles. The summed E-state index contributed by atoms with van der Waals surface area (Å²) in [5.41, 5.74) is 8.19. The standard InChI is InChI=1S/C16H13BrFN3/c17-12-6-2-1-4-10(12)9-21-16-13(18)8-14(19)11-5-3-7-20-15(11)16/h1-8,21H,9,19H2. The van der Waals surface area contributed by atoms with Crippen LogP contribution in [0.2, 0.25) is 0 Å². The lowest BCUT2D eigenvalue weighted by atomic mass is 10.1. The van der Waals surface area contributed by atoms with E-state index in [1.807, 2.05) is 30.3 Å². The quantitative estimate of drug-likeness (QED) is 0.694. The Morgan fingerprint density at radius 1 is 1.19 bits per heavy atom. The van der Waals surface area contributed by atoms with Gasteiger partial charge in [0.15, 0.2) is 5.82 Å². The zero-order valence-corrected chi connectivity index (χ0v) is 12.7. The number of pyridine rings is 1. The first-order chi connectivity index (χ1) is 10.2. The minimum Gasteiger partial charge on any atom is -0.398 e. The fourth-order valence-electron chi connectivity index (χ4n) is 2.23. The van der Waals surface area contributed by atoms with Gasteiger partial charge in [-0.1, -0.05) is 34.1 Å². The maximum atomic E-state index is 14.2. The van der Waals surface area contributed by atoms with Gasteiger partial charge in [-0.05, 0) is 29.8 Å². The van der Waals surface area contributed by atoms with Crippen molar-refractivity contribution in [2.75, 3.05) is 11.1 Å². The van der Waals surface area contributed by atoms with Gasteiger partial charge in [0.05, 0.1) is 11.2 Å². The van der Waals surface area contributed by atoms with Crippen LogP contribution in [0.5, 0.6) is 0 Å². The molecule has 5 heteroatoms. The Bertz CT molecular complexity index is 805. The van der Waals surface area contributed by atoms with Crippen LogP contribution in [0, 0.1) is 5.82 Å². The number of nitrogens with one attached hydrogen (secondary N) is 1. The highest BCUT2D eigenvalue weighted by molar-refractivity contribution is 9.10. The van der Waals surface area contributed by atoms with Gasteiger partial charge in [0.2, 0.25) is 0 Å². The number of fused-ring (bicyclic) bond motifs is 1. The molecule has 0 aliphatic rings. The molecule has 1 heterocycles. The average molecular weight is 346 g/mol. The molecule has 0 bridgehead atoms. The van der Waals surface area contributed by atoms with Crippen LogP contribution in [0.25, 0.3) is 10.9 Å². The van der Waals surface area contributed by atoms with Crippen molar-refractivity contribution in [1.82, 2.24) is 4.98 Å². The average Bonchev–Trinajstić information content (AvgIpc) is 2.49. The molecule has 0 unspecified atom stereocenters. The van der Waals surface area contributed by atoms with Gasteiger partial charge >= 0.3 is 0 Å². The number of nitrogens with two attached hydrogens (primary N) is 1. The van der Waals surface area contributed by atoms with Crippen LogP contribution >= 0.6 is 15.9 Å². The molecule has 106 valence electrons. The van der Waals surface area contributed by atoms with Crippen LogP contribution in [-0.4, -0.2) is 4.98 Å². The van der Waals surface area contributed by atoms with Crippen LogP contribution in [0.1, 0.15) is 5.56 Å². The van der Waals surface area contributed by atoms with Gasteiger partial charge in [0, 0.05) is 28.3 Å². The van der Waals surface area contributed by atoms with Crippen LogP contribution in [0.3, 0.4) is 0 Å². The third kappa shape index (κ3) is 2.69. The van der Waals surface area contributed by atoms with Crippen LogP contribution in [0.15, 0.2) is 53.1 Å². The number of aromatic nitrogens is 1. The number of nitrogens with zero attached hydrogens (tertiary/aromatic N) is 1. The third-order valence-corrected chi connectivity index (χ3v) is 4.06. The van der Waals surface area contributed by atoms with E-state index in [0.29, 0.717) is 23.4 Å². The summed E-state index contributed by atoms with van der Waals surface area (Å²) in [5, 5.41) is 3.86. The summed E-state index contributed by atoms with van der Waals surface area (Å²) in [7, 11) is 0. The monoisotopic (exact) mass is 345 g/mol. The van der Waals surface area contributed by atoms with Gasteiger partial charge in [-0.25, -0.2) is 4.39 Å². The molecule has 0 amide bonds. The van der Waals surface area contributed by atoms with Gasteiger partial charge < -0.3 is 11.1 Å². The number of benzene rings is 2. The molecular formula is C16H13BrFN3. The highest BCUT2D eigenvalue weighted by atomic mass is 79.9. The SMILES string of the molecule is Nc1cc(F)c(NCc2ccccc2Br)c2ncccc12. The van der Waals surface area contributed by atoms with E-state index < -0.39 is 5.82 Å². The Morgan fingerprint density at radius 2 is 2.00 bits per heavy atom. The molecule has 0 atom stereocenters. The predicted octanol–water partition coefficient (Wildman–Crippen LogP) is 4.33. The molecule has 1 aromatic heterocycles. The van der Waals surface area contributed by atoms with Gasteiger partial charge in [-0.3, -0.25) is 4.98 Å². The molecule has 3 aromatic rings. The summed E-state index contributed by atoms with van der Waals surface area (Å²) in [6.45, 7) is 0.494. The van der Waals surface area contributed by atoms with Crippen molar-refractivity contribution in [3.63, 3.8) is 0 Å². The Kier molecular flexibility index (Phi) is 3.75. The molecule has 0 fully saturated rings. The molecule has 0 aliphatic heterocycles. The third-order valence-electron chi connectivity index (χ3n) is 3.29. The van der Waals surface area contributed by atoms with Crippen LogP contribution in [0.4, 0.5) is 15.8 Å². The lowest BCUT2D eigenvalue weighted by Gasteiger charge is -2.12. The molecule has 21 heavy (non-hydrogen) atoms. The fourth-order valence-corrected chi connectivity index (χ4v) is 2.66. The lowest BCUT2D eigenvalue weighted by molar-refractivity contribution is 0.632. The zero-order valence-electron chi connectivity index (χ0n) is 11.1. The second-order valence-corrected chi connectivity index (χ2v) is 5.52. The van der Waals surface area contributed by atoms with Gasteiger partial charge in [0.25, 0.3) is 0 Å². The topological polar surface area (TPSA) is 50.9 Å². The summed E-state index contributed by atoms with van der Waals surface area (Å²) in [4.78, 5) is 4.24. The Hall–Kier alpha value is -2.14. The van der Waals surface area contributed by atoms with E-state index in [0.717, 1.165) is 15.4 Å². The van der Waals surface area contributed by atoms with Crippen LogP contribution in [-0.2, 0) is 6.54 Å². The van der Waals surface area contributed by atoms with E-state index in [2.05, 4.69) is 26.2 Å². The van der Waals surface area contributed by atoms with Crippen molar-refractivity contribution in [3.8, 4) is 0 Å². The Balaban J connectivity index is 1.99. The molecule has 3 rings (SSSR count). The smallest absolute Gasteiger partial charge is 0.150 e. The van der Waals surface area contributed by atoms with E-state index in [-0.39, 0.29) is 0 Å². The maximum Gasteiger partial charge on any atom is 0.150 e. The fraction of sp³-hybridized carbons (Fsp3) is 0.0625. The molecule has 0 saturated heterocycles. The highest BCUT2D eigenvalue weighted by Gasteiger charge is 2.12. The second kappa shape index (κ2) is 5.69. The largest absolute Gasteiger partial charge is 0.398 e. The van der Waals surface area contributed by atoms with Crippen molar-refractivity contribution in [1.29, 1.82) is 0 Å². The van der Waals surface area contributed by atoms with Crippen molar-refractivity contribution >= 4 is 38.2 Å². The molecule has 3 nitrogen and oxygen atoms in total. The maximum absolute atomic E-state index is 14.2. The number of halogens is 2. The number of anilines is 2. The minimum absolute atomic E-state index is 0.371. The van der Waals surface area contributed by atoms with Gasteiger partial charge in [-0.2, -0.15) is 0 Å². The highest BCUT2D eigenvalue weighted by Crippen LogP contribution is 2.30. The van der Waals surface area contributed by atoms with Crippen molar-refractivity contribution in [2.24, 2.45) is 0 Å². The number of nitrogen functional groups attached to an aromatic ring is 1. The van der Waals surface area contributed by atoms with E-state index in [9.17, 15) is 4.39 Å². The van der Waals surface area contributed by atoms with E-state index in [1.54, 1.807) is 12.3 Å². The number of hydrogen-bond donors (Lipinski definition) is 2. The molecule has 0 saturated carbocycles. The van der Waals surface area contributed by atoms with E-state index in [1.165, 1.54) is 6.07 Å². The van der Waals surface area contributed by atoms with Crippen molar-refractivity contribution in [3.05, 3.63) is 64.5 Å². The minimum atomic E-state index is -0.397. The number of rotatable bonds is 3. The van der Waals surface area contributed by atoms with Gasteiger partial charge in [0.1, 0.15) is 0 Å². The molecule has 0 aliphatic carbocycles. The zero-order chi connectivity index (χ0) is 14.8. The molecule has 0 radical (unpaired) electrons. The van der Waals surface area contributed by atoms with Crippen LogP contribution < -0.4 is 11.1 Å². The summed E-state index contributed by atoms with van der Waals surface area (Å²) in [6.07, 6.45) is 1.63.